The highest BCUT2D eigenvalue weighted by atomic mass is 16.5. The molecule has 0 atom stereocenters. The monoisotopic (exact) mass is 437 g/mol. The Hall–Kier alpha value is -3.72. The van der Waals surface area contributed by atoms with Crippen LogP contribution in [0.1, 0.15) is 21.7 Å². The highest BCUT2D eigenvalue weighted by molar-refractivity contribution is 5.94. The summed E-state index contributed by atoms with van der Waals surface area (Å²) in [6.45, 7) is 3.32. The Balaban J connectivity index is 1.51. The van der Waals surface area contributed by atoms with E-state index in [1.807, 2.05) is 31.2 Å². The maximum atomic E-state index is 12.3. The topological polar surface area (TPSA) is 110 Å². The Morgan fingerprint density at radius 3 is 2.50 bits per heavy atom. The van der Waals surface area contributed by atoms with Crippen LogP contribution in [0.25, 0.3) is 11.5 Å². The smallest absolute Gasteiger partial charge is 0.321 e. The summed E-state index contributed by atoms with van der Waals surface area (Å²) in [5.74, 6) is 0.682. The summed E-state index contributed by atoms with van der Waals surface area (Å²) in [5, 5.41) is 9.60. The lowest BCUT2D eigenvalue weighted by molar-refractivity contribution is 0.0937. The first kappa shape index (κ1) is 23.0. The van der Waals surface area contributed by atoms with Gasteiger partial charge in [0, 0.05) is 50.5 Å². The Morgan fingerprint density at radius 1 is 1.09 bits per heavy atom. The van der Waals surface area contributed by atoms with Crippen molar-refractivity contribution >= 4 is 17.6 Å². The van der Waals surface area contributed by atoms with Crippen molar-refractivity contribution in [2.45, 2.75) is 13.3 Å². The molecule has 0 spiro atoms. The van der Waals surface area contributed by atoms with E-state index in [0.29, 0.717) is 49.0 Å². The molecule has 32 heavy (non-hydrogen) atoms. The predicted octanol–water partition coefficient (Wildman–Crippen LogP) is 3.13. The van der Waals surface area contributed by atoms with E-state index in [9.17, 15) is 9.59 Å². The van der Waals surface area contributed by atoms with Crippen molar-refractivity contribution in [3.05, 3.63) is 65.5 Å². The number of ether oxygens (including phenoxy) is 1. The zero-order valence-corrected chi connectivity index (χ0v) is 18.4. The van der Waals surface area contributed by atoms with Crippen LogP contribution < -0.4 is 10.6 Å². The number of likely N-dealkylation sites (N-methyl/N-ethyl adjacent to an activating group) is 1. The number of amides is 3. The molecular formula is C23H27N5O4. The van der Waals surface area contributed by atoms with Gasteiger partial charge in [0.25, 0.3) is 11.8 Å². The predicted molar refractivity (Wildman–Crippen MR) is 120 cm³/mol. The third kappa shape index (κ3) is 6.39. The molecule has 1 aromatic heterocycles. The summed E-state index contributed by atoms with van der Waals surface area (Å²) >= 11 is 0. The van der Waals surface area contributed by atoms with Crippen molar-refractivity contribution < 1.29 is 18.8 Å². The second kappa shape index (κ2) is 11.1. The first-order chi connectivity index (χ1) is 15.5. The minimum Gasteiger partial charge on any atom is -0.383 e. The summed E-state index contributed by atoms with van der Waals surface area (Å²) in [4.78, 5) is 30.3. The van der Waals surface area contributed by atoms with Crippen molar-refractivity contribution in [2.24, 2.45) is 0 Å². The van der Waals surface area contributed by atoms with Gasteiger partial charge < -0.3 is 24.8 Å². The fraction of sp³-hybridized carbons (Fsp3) is 0.304. The summed E-state index contributed by atoms with van der Waals surface area (Å²) < 4.78 is 10.3. The van der Waals surface area contributed by atoms with Gasteiger partial charge in [-0.2, -0.15) is 4.98 Å². The van der Waals surface area contributed by atoms with Crippen LogP contribution in [0.3, 0.4) is 0 Å². The number of anilines is 1. The molecule has 0 aliphatic heterocycles. The number of urea groups is 1. The molecule has 3 aromatic rings. The zero-order valence-electron chi connectivity index (χ0n) is 18.4. The lowest BCUT2D eigenvalue weighted by atomic mass is 10.1. The minimum atomic E-state index is -0.211. The molecule has 3 rings (SSSR count). The molecule has 3 amide bonds. The zero-order chi connectivity index (χ0) is 22.9. The van der Waals surface area contributed by atoms with Gasteiger partial charge in [-0.3, -0.25) is 4.79 Å². The molecule has 0 saturated heterocycles. The normalized spacial score (nSPS) is 10.6. The van der Waals surface area contributed by atoms with Gasteiger partial charge in [0.1, 0.15) is 0 Å². The van der Waals surface area contributed by atoms with Gasteiger partial charge in [-0.25, -0.2) is 4.79 Å². The fourth-order valence-electron chi connectivity index (χ4n) is 2.83. The Bertz CT molecular complexity index is 1030. The number of aryl methyl sites for hydroxylation is 1. The number of hydrogen-bond acceptors (Lipinski definition) is 6. The van der Waals surface area contributed by atoms with Crippen LogP contribution in [0.2, 0.25) is 0 Å². The summed E-state index contributed by atoms with van der Waals surface area (Å²) in [6, 6.07) is 14.3. The van der Waals surface area contributed by atoms with Gasteiger partial charge in [-0.15, -0.1) is 0 Å². The van der Waals surface area contributed by atoms with E-state index in [1.165, 1.54) is 0 Å². The standard InChI is InChI=1S/C23H27N5O4/c1-16-4-10-19(11-5-16)25-23(30)28(2)14-12-20-26-22(32-27-20)18-8-6-17(7-9-18)21(29)24-13-15-31-3/h4-11H,12-15H2,1-3H3,(H,24,29)(H,25,30). The molecular weight excluding hydrogens is 410 g/mol. The molecule has 0 fully saturated rings. The summed E-state index contributed by atoms with van der Waals surface area (Å²) in [7, 11) is 3.29. The van der Waals surface area contributed by atoms with Crippen LogP contribution in [0.5, 0.6) is 0 Å². The number of methoxy groups -OCH3 is 1. The van der Waals surface area contributed by atoms with Crippen LogP contribution >= 0.6 is 0 Å². The third-order valence-electron chi connectivity index (χ3n) is 4.77. The van der Waals surface area contributed by atoms with Crippen LogP contribution in [0.4, 0.5) is 10.5 Å². The number of hydrogen-bond donors (Lipinski definition) is 2. The van der Waals surface area contributed by atoms with Crippen molar-refractivity contribution in [1.29, 1.82) is 0 Å². The SMILES string of the molecule is COCCNC(=O)c1ccc(-c2nc(CCN(C)C(=O)Nc3ccc(C)cc3)no2)cc1. The molecule has 0 bridgehead atoms. The summed E-state index contributed by atoms with van der Waals surface area (Å²) in [6.07, 6.45) is 0.446. The van der Waals surface area contributed by atoms with Crippen molar-refractivity contribution in [2.75, 3.05) is 39.2 Å². The number of carbonyl (C=O) groups excluding carboxylic acids is 2. The van der Waals surface area contributed by atoms with Gasteiger partial charge in [-0.1, -0.05) is 22.9 Å². The van der Waals surface area contributed by atoms with Gasteiger partial charge >= 0.3 is 6.03 Å². The molecule has 0 aliphatic rings. The van der Waals surface area contributed by atoms with E-state index >= 15 is 0 Å². The van der Waals surface area contributed by atoms with E-state index < -0.39 is 0 Å². The Labute approximate surface area is 186 Å². The fourth-order valence-corrected chi connectivity index (χ4v) is 2.83. The third-order valence-corrected chi connectivity index (χ3v) is 4.77. The molecule has 9 nitrogen and oxygen atoms in total. The van der Waals surface area contributed by atoms with E-state index in [1.54, 1.807) is 43.3 Å². The van der Waals surface area contributed by atoms with Crippen LogP contribution in [-0.4, -0.2) is 60.8 Å². The van der Waals surface area contributed by atoms with Gasteiger partial charge in [0.05, 0.1) is 6.61 Å². The second-order valence-corrected chi connectivity index (χ2v) is 7.31. The van der Waals surface area contributed by atoms with Crippen LogP contribution in [0.15, 0.2) is 53.1 Å². The average Bonchev–Trinajstić information content (AvgIpc) is 3.28. The van der Waals surface area contributed by atoms with Crippen molar-refractivity contribution in [1.82, 2.24) is 20.4 Å². The Kier molecular flexibility index (Phi) is 7.93. The number of rotatable bonds is 9. The number of aromatic nitrogens is 2. The van der Waals surface area contributed by atoms with Gasteiger partial charge in [-0.05, 0) is 43.3 Å². The number of carbonyl (C=O) groups is 2. The van der Waals surface area contributed by atoms with E-state index in [2.05, 4.69) is 20.8 Å². The van der Waals surface area contributed by atoms with E-state index in [0.717, 1.165) is 11.3 Å². The van der Waals surface area contributed by atoms with Gasteiger partial charge in [0.15, 0.2) is 5.82 Å². The number of nitrogens with zero attached hydrogens (tertiary/aromatic N) is 3. The summed E-state index contributed by atoms with van der Waals surface area (Å²) in [5.41, 5.74) is 3.11. The first-order valence-corrected chi connectivity index (χ1v) is 10.2. The quantitative estimate of drug-likeness (QED) is 0.498. The van der Waals surface area contributed by atoms with Crippen LogP contribution in [0, 0.1) is 6.92 Å². The second-order valence-electron chi connectivity index (χ2n) is 7.31. The number of benzene rings is 2. The van der Waals surface area contributed by atoms with Crippen LogP contribution in [-0.2, 0) is 11.2 Å². The van der Waals surface area contributed by atoms with Gasteiger partial charge in [0.2, 0.25) is 0 Å². The molecule has 2 aromatic carbocycles. The average molecular weight is 438 g/mol. The van der Waals surface area contributed by atoms with E-state index in [-0.39, 0.29) is 11.9 Å². The largest absolute Gasteiger partial charge is 0.383 e. The number of nitrogens with one attached hydrogen (secondary N) is 2. The van der Waals surface area contributed by atoms with Crippen molar-refractivity contribution in [3.8, 4) is 11.5 Å². The maximum absolute atomic E-state index is 12.3. The highest BCUT2D eigenvalue weighted by Gasteiger charge is 2.13. The lowest BCUT2D eigenvalue weighted by Gasteiger charge is -2.17. The molecule has 168 valence electrons. The Morgan fingerprint density at radius 2 is 1.81 bits per heavy atom. The highest BCUT2D eigenvalue weighted by Crippen LogP contribution is 2.18. The van der Waals surface area contributed by atoms with Crippen molar-refractivity contribution in [3.63, 3.8) is 0 Å². The molecule has 9 heteroatoms. The first-order valence-electron chi connectivity index (χ1n) is 10.2. The molecule has 0 unspecified atom stereocenters. The molecule has 0 saturated carbocycles. The van der Waals surface area contributed by atoms with E-state index in [4.69, 9.17) is 9.26 Å². The minimum absolute atomic E-state index is 0.174. The lowest BCUT2D eigenvalue weighted by Crippen LogP contribution is -2.33. The molecule has 0 radical (unpaired) electrons. The maximum Gasteiger partial charge on any atom is 0.321 e. The molecule has 2 N–H and O–H groups in total. The molecule has 0 aliphatic carbocycles. The molecule has 1 heterocycles.